The third kappa shape index (κ3) is 8.27. The van der Waals surface area contributed by atoms with E-state index < -0.39 is 60.2 Å². The molecule has 196 valence electrons. The van der Waals surface area contributed by atoms with E-state index in [2.05, 4.69) is 20.9 Å². The molecule has 4 amide bonds. The summed E-state index contributed by atoms with van der Waals surface area (Å²) in [6.07, 6.45) is 3.41. The molecule has 12 nitrogen and oxygen atoms in total. The number of aromatic amines is 1. The molecule has 0 fully saturated rings. The highest BCUT2D eigenvalue weighted by Crippen LogP contribution is 2.19. The van der Waals surface area contributed by atoms with Crippen LogP contribution in [0.25, 0.3) is 10.9 Å². The molecular weight excluding hydrogens is 488 g/mol. The fourth-order valence-electron chi connectivity index (χ4n) is 3.49. The zero-order chi connectivity index (χ0) is 26.8. The van der Waals surface area contributed by atoms with Gasteiger partial charge in [-0.3, -0.25) is 19.2 Å². The average Bonchev–Trinajstić information content (AvgIpc) is 3.23. The fourth-order valence-corrected chi connectivity index (χ4v) is 3.96. The summed E-state index contributed by atoms with van der Waals surface area (Å²) in [6.45, 7) is 1.41. The molecule has 13 heteroatoms. The first-order chi connectivity index (χ1) is 17.0. The summed E-state index contributed by atoms with van der Waals surface area (Å²) in [5, 5.41) is 17.6. The Labute approximate surface area is 212 Å². The Kier molecular flexibility index (Phi) is 10.7. The predicted molar refractivity (Wildman–Crippen MR) is 136 cm³/mol. The Morgan fingerprint density at radius 1 is 1.03 bits per heavy atom. The minimum atomic E-state index is -1.26. The number of aromatic nitrogens is 1. The minimum absolute atomic E-state index is 0.0602. The molecule has 2 rings (SSSR count). The summed E-state index contributed by atoms with van der Waals surface area (Å²) < 4.78 is 0. The summed E-state index contributed by atoms with van der Waals surface area (Å²) in [5.74, 6) is -3.53. The number of fused-ring (bicyclic) bond motifs is 1. The maximum absolute atomic E-state index is 13.1. The first-order valence-corrected chi connectivity index (χ1v) is 12.6. The third-order valence-electron chi connectivity index (χ3n) is 5.47. The number of primary amides is 1. The molecule has 0 saturated carbocycles. The van der Waals surface area contributed by atoms with E-state index in [1.165, 1.54) is 18.7 Å². The first-order valence-electron chi connectivity index (χ1n) is 11.2. The van der Waals surface area contributed by atoms with Gasteiger partial charge in [-0.25, -0.2) is 4.79 Å². The minimum Gasteiger partial charge on any atom is -0.480 e. The van der Waals surface area contributed by atoms with Crippen LogP contribution in [0.4, 0.5) is 0 Å². The topological polar surface area (TPSA) is 210 Å². The van der Waals surface area contributed by atoms with Gasteiger partial charge in [0.05, 0.1) is 12.5 Å². The van der Waals surface area contributed by atoms with Gasteiger partial charge in [0.25, 0.3) is 0 Å². The van der Waals surface area contributed by atoms with Crippen molar-refractivity contribution in [3.05, 3.63) is 36.0 Å². The van der Waals surface area contributed by atoms with Crippen LogP contribution in [-0.4, -0.2) is 75.9 Å². The lowest BCUT2D eigenvalue weighted by molar-refractivity contribution is -0.142. The van der Waals surface area contributed by atoms with E-state index >= 15 is 0 Å². The molecular formula is C23H32N6O6S. The van der Waals surface area contributed by atoms with Gasteiger partial charge in [0.15, 0.2) is 0 Å². The largest absolute Gasteiger partial charge is 0.480 e. The number of nitrogens with two attached hydrogens (primary N) is 2. The van der Waals surface area contributed by atoms with E-state index in [9.17, 15) is 29.1 Å². The maximum atomic E-state index is 13.1. The lowest BCUT2D eigenvalue weighted by Crippen LogP contribution is -2.57. The van der Waals surface area contributed by atoms with Crippen LogP contribution in [0, 0.1) is 0 Å². The Bertz CT molecular complexity index is 1110. The number of carbonyl (C=O) groups is 5. The molecule has 4 atom stereocenters. The number of carbonyl (C=O) groups excluding carboxylic acids is 4. The van der Waals surface area contributed by atoms with E-state index in [0.29, 0.717) is 5.75 Å². The summed E-state index contributed by atoms with van der Waals surface area (Å²) in [7, 11) is 0. The molecule has 1 aromatic heterocycles. The van der Waals surface area contributed by atoms with Crippen molar-refractivity contribution in [2.45, 2.75) is 50.4 Å². The molecule has 0 radical (unpaired) electrons. The molecule has 9 N–H and O–H groups in total. The number of nitrogens with one attached hydrogen (secondary N) is 4. The van der Waals surface area contributed by atoms with E-state index in [1.807, 2.05) is 30.5 Å². The number of para-hydroxylation sites is 1. The number of hydrogen-bond donors (Lipinski definition) is 7. The average molecular weight is 521 g/mol. The van der Waals surface area contributed by atoms with Gasteiger partial charge in [0.1, 0.15) is 18.1 Å². The number of carboxylic acids is 1. The van der Waals surface area contributed by atoms with Crippen molar-refractivity contribution in [1.82, 2.24) is 20.9 Å². The van der Waals surface area contributed by atoms with Crippen molar-refractivity contribution >= 4 is 52.3 Å². The highest BCUT2D eigenvalue weighted by molar-refractivity contribution is 7.98. The van der Waals surface area contributed by atoms with Gasteiger partial charge < -0.3 is 37.5 Å². The molecule has 0 spiro atoms. The monoisotopic (exact) mass is 520 g/mol. The lowest BCUT2D eigenvalue weighted by atomic mass is 10.0. The number of aliphatic carboxylic acids is 1. The second-order valence-corrected chi connectivity index (χ2v) is 9.30. The Balaban J connectivity index is 2.17. The number of H-pyrrole nitrogens is 1. The van der Waals surface area contributed by atoms with Gasteiger partial charge in [-0.2, -0.15) is 11.8 Å². The standard InChI is InChI=1S/C23H32N6O6S/c1-12(20(31)28-17(23(34)35)7-8-36-2)27-22(33)18(29-21(32)15(24)10-19(25)30)9-13-11-26-16-6-4-3-5-14(13)16/h3-6,11-12,15,17-18,26H,7-10,24H2,1-2H3,(H2,25,30)(H,27,33)(H,28,31)(H,29,32)(H,34,35). The van der Waals surface area contributed by atoms with E-state index in [-0.39, 0.29) is 12.8 Å². The van der Waals surface area contributed by atoms with Gasteiger partial charge in [-0.1, -0.05) is 18.2 Å². The van der Waals surface area contributed by atoms with Crippen LogP contribution in [0.2, 0.25) is 0 Å². The smallest absolute Gasteiger partial charge is 0.326 e. The van der Waals surface area contributed by atoms with Crippen molar-refractivity contribution in [2.75, 3.05) is 12.0 Å². The molecule has 1 heterocycles. The van der Waals surface area contributed by atoms with Crippen molar-refractivity contribution < 1.29 is 29.1 Å². The fraction of sp³-hybridized carbons (Fsp3) is 0.435. The molecule has 36 heavy (non-hydrogen) atoms. The maximum Gasteiger partial charge on any atom is 0.326 e. The molecule has 2 aromatic rings. The van der Waals surface area contributed by atoms with Crippen LogP contribution in [0.3, 0.4) is 0 Å². The van der Waals surface area contributed by atoms with Gasteiger partial charge in [0.2, 0.25) is 23.6 Å². The Morgan fingerprint density at radius 3 is 2.33 bits per heavy atom. The van der Waals surface area contributed by atoms with Crippen LogP contribution in [0.1, 0.15) is 25.3 Å². The second kappa shape index (κ2) is 13.5. The number of hydrogen-bond acceptors (Lipinski definition) is 7. The molecule has 0 aliphatic carbocycles. The highest BCUT2D eigenvalue weighted by atomic mass is 32.2. The molecule has 1 aromatic carbocycles. The van der Waals surface area contributed by atoms with Crippen molar-refractivity contribution in [3.8, 4) is 0 Å². The van der Waals surface area contributed by atoms with Gasteiger partial charge in [-0.15, -0.1) is 0 Å². The van der Waals surface area contributed by atoms with E-state index in [4.69, 9.17) is 11.5 Å². The summed E-state index contributed by atoms with van der Waals surface area (Å²) in [6, 6.07) is 2.81. The second-order valence-electron chi connectivity index (χ2n) is 8.31. The number of carboxylic acid groups (broad SMARTS) is 1. The van der Waals surface area contributed by atoms with Crippen molar-refractivity contribution in [2.24, 2.45) is 11.5 Å². The van der Waals surface area contributed by atoms with Crippen molar-refractivity contribution in [3.63, 3.8) is 0 Å². The van der Waals surface area contributed by atoms with Gasteiger partial charge in [0, 0.05) is 23.5 Å². The van der Waals surface area contributed by atoms with Crippen LogP contribution in [-0.2, 0) is 30.4 Å². The zero-order valence-corrected chi connectivity index (χ0v) is 20.9. The number of benzene rings is 1. The Morgan fingerprint density at radius 2 is 1.69 bits per heavy atom. The number of amides is 4. The first kappa shape index (κ1) is 28.7. The molecule has 0 saturated heterocycles. The van der Waals surface area contributed by atoms with Crippen LogP contribution >= 0.6 is 11.8 Å². The zero-order valence-electron chi connectivity index (χ0n) is 20.1. The van der Waals surface area contributed by atoms with Crippen molar-refractivity contribution in [1.29, 1.82) is 0 Å². The summed E-state index contributed by atoms with van der Waals surface area (Å²) in [5.41, 5.74) is 12.4. The lowest BCUT2D eigenvalue weighted by Gasteiger charge is -2.23. The van der Waals surface area contributed by atoms with Crippen LogP contribution in [0.15, 0.2) is 30.5 Å². The summed E-state index contributed by atoms with van der Waals surface area (Å²) in [4.78, 5) is 63.9. The number of thioether (sulfide) groups is 1. The quantitative estimate of drug-likeness (QED) is 0.168. The predicted octanol–water partition coefficient (Wildman–Crippen LogP) is -0.775. The third-order valence-corrected chi connectivity index (χ3v) is 6.11. The van der Waals surface area contributed by atoms with E-state index in [0.717, 1.165) is 16.5 Å². The molecule has 0 aliphatic rings. The van der Waals surface area contributed by atoms with Crippen LogP contribution < -0.4 is 27.4 Å². The highest BCUT2D eigenvalue weighted by Gasteiger charge is 2.29. The molecule has 4 unspecified atom stereocenters. The summed E-state index contributed by atoms with van der Waals surface area (Å²) >= 11 is 1.44. The van der Waals surface area contributed by atoms with E-state index in [1.54, 1.807) is 6.20 Å². The van der Waals surface area contributed by atoms with Crippen LogP contribution in [0.5, 0.6) is 0 Å². The molecule has 0 bridgehead atoms. The van der Waals surface area contributed by atoms with Gasteiger partial charge >= 0.3 is 5.97 Å². The normalized spacial score (nSPS) is 14.3. The van der Waals surface area contributed by atoms with Gasteiger partial charge in [-0.05, 0) is 37.0 Å². The Hall–Kier alpha value is -3.58. The molecule has 0 aliphatic heterocycles. The number of rotatable bonds is 14. The SMILES string of the molecule is CSCCC(NC(=O)C(C)NC(=O)C(Cc1c[nH]c2ccccc12)NC(=O)C(N)CC(N)=O)C(=O)O.